The Labute approximate surface area is 128 Å². The van der Waals surface area contributed by atoms with Crippen molar-refractivity contribution in [1.82, 2.24) is 0 Å². The first kappa shape index (κ1) is 13.5. The number of rotatable bonds is 3. The van der Waals surface area contributed by atoms with Crippen LogP contribution in [0.2, 0.25) is 0 Å². The van der Waals surface area contributed by atoms with Crippen LogP contribution < -0.4 is 15.8 Å². The number of benzene rings is 2. The molecule has 0 fully saturated rings. The molecule has 2 aromatic rings. The molecule has 2 aromatic carbocycles. The summed E-state index contributed by atoms with van der Waals surface area (Å²) in [5, 5.41) is 3.34. The van der Waals surface area contributed by atoms with Crippen molar-refractivity contribution in [2.75, 3.05) is 18.2 Å². The van der Waals surface area contributed by atoms with Crippen molar-refractivity contribution in [3.8, 4) is 5.75 Å². The summed E-state index contributed by atoms with van der Waals surface area (Å²) >= 11 is 5.70. The summed E-state index contributed by atoms with van der Waals surface area (Å²) in [6, 6.07) is 11.6. The van der Waals surface area contributed by atoms with Crippen molar-refractivity contribution in [2.45, 2.75) is 0 Å². The summed E-state index contributed by atoms with van der Waals surface area (Å²) in [4.78, 5) is 0. The van der Waals surface area contributed by atoms with Crippen molar-refractivity contribution >= 4 is 55.6 Å². The number of halogens is 2. The lowest BCUT2D eigenvalue weighted by Crippen LogP contribution is -1.97. The van der Waals surface area contributed by atoms with E-state index in [1.54, 1.807) is 7.11 Å². The molecule has 18 heavy (non-hydrogen) atoms. The van der Waals surface area contributed by atoms with Crippen molar-refractivity contribution in [2.24, 2.45) is 0 Å². The molecule has 0 saturated heterocycles. The maximum absolute atomic E-state index is 5.74. The molecule has 0 unspecified atom stereocenters. The van der Waals surface area contributed by atoms with Crippen molar-refractivity contribution in [1.29, 1.82) is 0 Å². The summed E-state index contributed by atoms with van der Waals surface area (Å²) in [5.74, 6) is 0.797. The van der Waals surface area contributed by atoms with Gasteiger partial charge in [0.05, 0.1) is 18.5 Å². The molecule has 0 aliphatic heterocycles. The van der Waals surface area contributed by atoms with Gasteiger partial charge in [-0.2, -0.15) is 0 Å². The molecule has 0 aliphatic rings. The summed E-state index contributed by atoms with van der Waals surface area (Å²) < 4.78 is 7.39. The molecular formula is C13H12BrIN2O. The molecule has 5 heteroatoms. The average Bonchev–Trinajstić information content (AvgIpc) is 2.33. The van der Waals surface area contributed by atoms with Gasteiger partial charge in [-0.05, 0) is 59.0 Å². The molecule has 0 aromatic heterocycles. The Morgan fingerprint density at radius 2 is 1.94 bits per heavy atom. The third kappa shape index (κ3) is 3.08. The van der Waals surface area contributed by atoms with Crippen LogP contribution in [-0.4, -0.2) is 7.11 Å². The Morgan fingerprint density at radius 3 is 2.61 bits per heavy atom. The maximum atomic E-state index is 5.74. The van der Waals surface area contributed by atoms with E-state index in [0.717, 1.165) is 30.9 Å². The van der Waals surface area contributed by atoms with Gasteiger partial charge in [0.1, 0.15) is 5.75 Å². The topological polar surface area (TPSA) is 47.3 Å². The van der Waals surface area contributed by atoms with Crippen LogP contribution in [0.15, 0.2) is 40.9 Å². The van der Waals surface area contributed by atoms with Gasteiger partial charge >= 0.3 is 0 Å². The number of anilines is 3. The molecule has 0 bridgehead atoms. The van der Waals surface area contributed by atoms with E-state index in [0.29, 0.717) is 0 Å². The number of methoxy groups -OCH3 is 1. The van der Waals surface area contributed by atoms with Gasteiger partial charge in [0.15, 0.2) is 0 Å². The van der Waals surface area contributed by atoms with Crippen LogP contribution in [0.3, 0.4) is 0 Å². The predicted molar refractivity (Wildman–Crippen MR) is 87.5 cm³/mol. The van der Waals surface area contributed by atoms with Crippen LogP contribution >= 0.6 is 38.5 Å². The molecule has 2 rings (SSSR count). The Morgan fingerprint density at radius 1 is 1.17 bits per heavy atom. The highest BCUT2D eigenvalue weighted by Gasteiger charge is 2.06. The van der Waals surface area contributed by atoms with Gasteiger partial charge in [0.2, 0.25) is 0 Å². The number of nitrogens with two attached hydrogens (primary N) is 1. The molecule has 94 valence electrons. The highest BCUT2D eigenvalue weighted by atomic mass is 127. The number of hydrogen-bond donors (Lipinski definition) is 2. The number of nitrogens with one attached hydrogen (secondary N) is 1. The van der Waals surface area contributed by atoms with E-state index in [9.17, 15) is 0 Å². The lowest BCUT2D eigenvalue weighted by atomic mass is 10.2. The molecule has 3 N–H and O–H groups in total. The summed E-state index contributed by atoms with van der Waals surface area (Å²) in [6.45, 7) is 0. The van der Waals surface area contributed by atoms with Gasteiger partial charge in [-0.3, -0.25) is 0 Å². The van der Waals surface area contributed by atoms with Crippen LogP contribution in [0.25, 0.3) is 0 Å². The van der Waals surface area contributed by atoms with Gasteiger partial charge < -0.3 is 15.8 Å². The molecule has 0 aliphatic carbocycles. The van der Waals surface area contributed by atoms with Crippen LogP contribution in [0, 0.1) is 3.57 Å². The third-order valence-corrected chi connectivity index (χ3v) is 3.81. The zero-order valence-electron chi connectivity index (χ0n) is 9.71. The lowest BCUT2D eigenvalue weighted by molar-refractivity contribution is 0.417. The minimum Gasteiger partial charge on any atom is -0.495 e. The summed E-state index contributed by atoms with van der Waals surface area (Å²) in [7, 11) is 1.66. The fraction of sp³-hybridized carbons (Fsp3) is 0.0769. The molecule has 3 nitrogen and oxygen atoms in total. The highest BCUT2D eigenvalue weighted by Crippen LogP contribution is 2.32. The quantitative estimate of drug-likeness (QED) is 0.574. The van der Waals surface area contributed by atoms with Gasteiger partial charge in [-0.1, -0.05) is 15.9 Å². The van der Waals surface area contributed by atoms with E-state index in [4.69, 9.17) is 10.5 Å². The van der Waals surface area contributed by atoms with Crippen molar-refractivity contribution < 1.29 is 4.74 Å². The molecule has 0 amide bonds. The zero-order chi connectivity index (χ0) is 13.1. The fourth-order valence-electron chi connectivity index (χ4n) is 1.56. The van der Waals surface area contributed by atoms with Crippen LogP contribution in [-0.2, 0) is 0 Å². The van der Waals surface area contributed by atoms with Gasteiger partial charge in [-0.25, -0.2) is 0 Å². The molecule has 0 heterocycles. The largest absolute Gasteiger partial charge is 0.495 e. The van der Waals surface area contributed by atoms with E-state index >= 15 is 0 Å². The number of ether oxygens (including phenoxy) is 1. The highest BCUT2D eigenvalue weighted by molar-refractivity contribution is 14.1. The Hall–Kier alpha value is -0.950. The van der Waals surface area contributed by atoms with Gasteiger partial charge in [-0.15, -0.1) is 0 Å². The molecule has 0 spiro atoms. The first-order valence-electron chi connectivity index (χ1n) is 5.26. The molecule has 0 radical (unpaired) electrons. The standard InChI is InChI=1S/C13H12BrIN2O/c1-18-13-5-2-8(14)6-12(13)17-11-4-3-9(16)7-10(11)15/h2-7,17H,16H2,1H3. The monoisotopic (exact) mass is 418 g/mol. The number of hydrogen-bond acceptors (Lipinski definition) is 3. The lowest BCUT2D eigenvalue weighted by Gasteiger charge is -2.13. The van der Waals surface area contributed by atoms with E-state index in [2.05, 4.69) is 43.8 Å². The minimum absolute atomic E-state index is 0.756. The second kappa shape index (κ2) is 5.79. The third-order valence-electron chi connectivity index (χ3n) is 2.42. The van der Waals surface area contributed by atoms with Gasteiger partial charge in [0, 0.05) is 13.7 Å². The number of nitrogen functional groups attached to an aromatic ring is 1. The van der Waals surface area contributed by atoms with Crippen LogP contribution in [0.1, 0.15) is 0 Å². The van der Waals surface area contributed by atoms with E-state index < -0.39 is 0 Å². The van der Waals surface area contributed by atoms with Crippen molar-refractivity contribution in [3.05, 3.63) is 44.4 Å². The minimum atomic E-state index is 0.756. The Bertz CT molecular complexity index is 575. The van der Waals surface area contributed by atoms with Crippen LogP contribution in [0.4, 0.5) is 17.1 Å². The second-order valence-electron chi connectivity index (χ2n) is 3.71. The first-order chi connectivity index (χ1) is 8.60. The van der Waals surface area contributed by atoms with Gasteiger partial charge in [0.25, 0.3) is 0 Å². The SMILES string of the molecule is COc1ccc(Br)cc1Nc1ccc(N)cc1I. The first-order valence-corrected chi connectivity index (χ1v) is 7.13. The summed E-state index contributed by atoms with van der Waals surface area (Å²) in [5.41, 5.74) is 8.40. The maximum Gasteiger partial charge on any atom is 0.142 e. The predicted octanol–water partition coefficient (Wildman–Crippen LogP) is 4.39. The average molecular weight is 419 g/mol. The van der Waals surface area contributed by atoms with E-state index in [1.165, 1.54) is 0 Å². The fourth-order valence-corrected chi connectivity index (χ4v) is 2.59. The van der Waals surface area contributed by atoms with Crippen LogP contribution in [0.5, 0.6) is 5.75 Å². The zero-order valence-corrected chi connectivity index (χ0v) is 13.4. The molecular weight excluding hydrogens is 407 g/mol. The molecule has 0 saturated carbocycles. The normalized spacial score (nSPS) is 10.2. The smallest absolute Gasteiger partial charge is 0.142 e. The van der Waals surface area contributed by atoms with E-state index in [-0.39, 0.29) is 0 Å². The second-order valence-corrected chi connectivity index (χ2v) is 5.79. The van der Waals surface area contributed by atoms with E-state index in [1.807, 2.05) is 36.4 Å². The molecule has 0 atom stereocenters. The Balaban J connectivity index is 2.36. The van der Waals surface area contributed by atoms with Crippen molar-refractivity contribution in [3.63, 3.8) is 0 Å². The Kier molecular flexibility index (Phi) is 4.34. The summed E-state index contributed by atoms with van der Waals surface area (Å²) in [6.07, 6.45) is 0.